The Kier molecular flexibility index (Phi) is 6.08. The quantitative estimate of drug-likeness (QED) is 0.793. The maximum Gasteiger partial charge on any atom is 0.231 e. The summed E-state index contributed by atoms with van der Waals surface area (Å²) in [5.41, 5.74) is 1.20. The maximum absolute atomic E-state index is 10.1. The molecule has 0 saturated carbocycles. The van der Waals surface area contributed by atoms with Crippen molar-refractivity contribution in [2.45, 2.75) is 19.4 Å². The SMILES string of the molecule is Cc1ccc(C(O)CNCCc2ccc3c(c2)OCO3)s1.Cl. The summed E-state index contributed by atoms with van der Waals surface area (Å²) >= 11 is 1.64. The van der Waals surface area contributed by atoms with Gasteiger partial charge in [0, 0.05) is 16.3 Å². The molecule has 1 aromatic heterocycles. The van der Waals surface area contributed by atoms with E-state index in [0.717, 1.165) is 29.3 Å². The Morgan fingerprint density at radius 3 is 2.82 bits per heavy atom. The van der Waals surface area contributed by atoms with Crippen molar-refractivity contribution in [1.82, 2.24) is 5.32 Å². The molecule has 2 N–H and O–H groups in total. The number of fused-ring (bicyclic) bond motifs is 1. The number of halogens is 1. The van der Waals surface area contributed by atoms with Crippen molar-refractivity contribution < 1.29 is 14.6 Å². The molecule has 1 aliphatic rings. The smallest absolute Gasteiger partial charge is 0.231 e. The summed E-state index contributed by atoms with van der Waals surface area (Å²) in [5, 5.41) is 13.4. The van der Waals surface area contributed by atoms with Crippen molar-refractivity contribution in [1.29, 1.82) is 0 Å². The molecule has 1 atom stereocenters. The largest absolute Gasteiger partial charge is 0.454 e. The van der Waals surface area contributed by atoms with Gasteiger partial charge in [-0.1, -0.05) is 6.07 Å². The van der Waals surface area contributed by atoms with Crippen LogP contribution >= 0.6 is 23.7 Å². The van der Waals surface area contributed by atoms with Crippen LogP contribution in [0, 0.1) is 6.92 Å². The minimum atomic E-state index is -0.430. The van der Waals surface area contributed by atoms with Crippen LogP contribution in [-0.2, 0) is 6.42 Å². The molecule has 22 heavy (non-hydrogen) atoms. The van der Waals surface area contributed by atoms with Gasteiger partial charge in [-0.05, 0) is 49.7 Å². The van der Waals surface area contributed by atoms with Crippen LogP contribution in [0.1, 0.15) is 21.4 Å². The molecule has 0 fully saturated rings. The lowest BCUT2D eigenvalue weighted by molar-refractivity contribution is 0.174. The number of aliphatic hydroxyl groups excluding tert-OH is 1. The highest BCUT2D eigenvalue weighted by Gasteiger charge is 2.13. The van der Waals surface area contributed by atoms with Crippen LogP contribution in [0.4, 0.5) is 0 Å². The van der Waals surface area contributed by atoms with Crippen LogP contribution in [0.15, 0.2) is 30.3 Å². The van der Waals surface area contributed by atoms with Crippen LogP contribution in [0.25, 0.3) is 0 Å². The first-order valence-corrected chi connectivity index (χ1v) is 7.87. The van der Waals surface area contributed by atoms with Gasteiger partial charge in [0.25, 0.3) is 0 Å². The second-order valence-electron chi connectivity index (χ2n) is 5.11. The Morgan fingerprint density at radius 2 is 2.05 bits per heavy atom. The topological polar surface area (TPSA) is 50.7 Å². The van der Waals surface area contributed by atoms with Gasteiger partial charge in [-0.3, -0.25) is 0 Å². The summed E-state index contributed by atoms with van der Waals surface area (Å²) in [7, 11) is 0. The molecule has 2 heterocycles. The zero-order valence-corrected chi connectivity index (χ0v) is 14.0. The lowest BCUT2D eigenvalue weighted by Crippen LogP contribution is -2.23. The van der Waals surface area contributed by atoms with Gasteiger partial charge in [0.05, 0.1) is 0 Å². The number of hydrogen-bond acceptors (Lipinski definition) is 5. The van der Waals surface area contributed by atoms with Gasteiger partial charge in [-0.15, -0.1) is 23.7 Å². The van der Waals surface area contributed by atoms with Crippen molar-refractivity contribution >= 4 is 23.7 Å². The van der Waals surface area contributed by atoms with Crippen molar-refractivity contribution in [3.63, 3.8) is 0 Å². The normalized spacial score (nSPS) is 13.7. The zero-order chi connectivity index (χ0) is 14.7. The highest BCUT2D eigenvalue weighted by atomic mass is 35.5. The standard InChI is InChI=1S/C16H19NO3S.ClH/c1-11-2-5-16(21-11)13(18)9-17-7-6-12-3-4-14-15(8-12)20-10-19-14;/h2-5,8,13,17-18H,6-7,9-10H2,1H3;1H. The molecule has 0 saturated heterocycles. The van der Waals surface area contributed by atoms with E-state index in [1.165, 1.54) is 10.4 Å². The molecule has 0 radical (unpaired) electrons. The Morgan fingerprint density at radius 1 is 1.23 bits per heavy atom. The number of hydrogen-bond donors (Lipinski definition) is 2. The molecule has 3 rings (SSSR count). The maximum atomic E-state index is 10.1. The second-order valence-corrected chi connectivity index (χ2v) is 6.43. The Balaban J connectivity index is 0.00000176. The van der Waals surface area contributed by atoms with E-state index in [4.69, 9.17) is 9.47 Å². The monoisotopic (exact) mass is 341 g/mol. The van der Waals surface area contributed by atoms with E-state index < -0.39 is 6.10 Å². The van der Waals surface area contributed by atoms with E-state index in [1.54, 1.807) is 11.3 Å². The molecule has 0 aliphatic carbocycles. The average Bonchev–Trinajstić information content (AvgIpc) is 3.11. The number of ether oxygens (including phenoxy) is 2. The molecule has 2 aromatic rings. The predicted octanol–water partition coefficient (Wildman–Crippen LogP) is 3.07. The van der Waals surface area contributed by atoms with E-state index in [0.29, 0.717) is 13.3 Å². The highest BCUT2D eigenvalue weighted by molar-refractivity contribution is 7.12. The first-order chi connectivity index (χ1) is 10.2. The van der Waals surface area contributed by atoms with Crippen LogP contribution in [0.3, 0.4) is 0 Å². The predicted molar refractivity (Wildman–Crippen MR) is 90.4 cm³/mol. The summed E-state index contributed by atoms with van der Waals surface area (Å²) in [6.45, 7) is 3.75. The van der Waals surface area contributed by atoms with Crippen molar-refractivity contribution in [2.75, 3.05) is 19.9 Å². The molecule has 0 amide bonds. The fourth-order valence-corrected chi connectivity index (χ4v) is 3.16. The minimum absolute atomic E-state index is 0. The summed E-state index contributed by atoms with van der Waals surface area (Å²) in [6.07, 6.45) is 0.466. The molecule has 1 unspecified atom stereocenters. The molecule has 6 heteroatoms. The Hall–Kier alpha value is -1.27. The number of aryl methyl sites for hydroxylation is 1. The lowest BCUT2D eigenvalue weighted by atomic mass is 10.1. The number of rotatable bonds is 6. The number of thiophene rings is 1. The number of nitrogens with one attached hydrogen (secondary N) is 1. The number of aliphatic hydroxyl groups is 1. The molecular formula is C16H20ClNO3S. The van der Waals surface area contributed by atoms with E-state index in [2.05, 4.69) is 5.32 Å². The molecule has 0 spiro atoms. The molecule has 4 nitrogen and oxygen atoms in total. The Labute approximate surface area is 140 Å². The third-order valence-electron chi connectivity index (χ3n) is 3.45. The van der Waals surface area contributed by atoms with Crippen LogP contribution in [0.2, 0.25) is 0 Å². The molecular weight excluding hydrogens is 322 g/mol. The van der Waals surface area contributed by atoms with Gasteiger partial charge in [0.1, 0.15) is 6.10 Å². The van der Waals surface area contributed by atoms with Crippen LogP contribution in [0.5, 0.6) is 11.5 Å². The summed E-state index contributed by atoms with van der Waals surface area (Å²) in [4.78, 5) is 2.24. The van der Waals surface area contributed by atoms with Gasteiger partial charge in [0.2, 0.25) is 6.79 Å². The van der Waals surface area contributed by atoms with Gasteiger partial charge in [-0.2, -0.15) is 0 Å². The average molecular weight is 342 g/mol. The third-order valence-corrected chi connectivity index (χ3v) is 4.56. The third kappa shape index (κ3) is 4.14. The fraction of sp³-hybridized carbons (Fsp3) is 0.375. The molecule has 120 valence electrons. The van der Waals surface area contributed by atoms with Crippen LogP contribution < -0.4 is 14.8 Å². The zero-order valence-electron chi connectivity index (χ0n) is 12.4. The van der Waals surface area contributed by atoms with E-state index in [9.17, 15) is 5.11 Å². The lowest BCUT2D eigenvalue weighted by Gasteiger charge is -2.10. The van der Waals surface area contributed by atoms with E-state index in [-0.39, 0.29) is 12.4 Å². The summed E-state index contributed by atoms with van der Waals surface area (Å²) < 4.78 is 10.7. The van der Waals surface area contributed by atoms with Gasteiger partial charge in [0.15, 0.2) is 11.5 Å². The highest BCUT2D eigenvalue weighted by Crippen LogP contribution is 2.32. The summed E-state index contributed by atoms with van der Waals surface area (Å²) in [5.74, 6) is 1.64. The molecule has 1 aromatic carbocycles. The van der Waals surface area contributed by atoms with Gasteiger partial charge in [-0.25, -0.2) is 0 Å². The fourth-order valence-electron chi connectivity index (χ4n) is 2.30. The van der Waals surface area contributed by atoms with E-state index in [1.807, 2.05) is 37.3 Å². The van der Waals surface area contributed by atoms with Crippen LogP contribution in [-0.4, -0.2) is 25.0 Å². The molecule has 0 bridgehead atoms. The van der Waals surface area contributed by atoms with Crippen molar-refractivity contribution in [2.24, 2.45) is 0 Å². The van der Waals surface area contributed by atoms with Gasteiger partial charge >= 0.3 is 0 Å². The first-order valence-electron chi connectivity index (χ1n) is 7.06. The molecule has 1 aliphatic heterocycles. The Bertz CT molecular complexity index is 617. The van der Waals surface area contributed by atoms with Crippen molar-refractivity contribution in [3.8, 4) is 11.5 Å². The van der Waals surface area contributed by atoms with E-state index >= 15 is 0 Å². The summed E-state index contributed by atoms with van der Waals surface area (Å²) in [6, 6.07) is 10.0. The number of benzene rings is 1. The van der Waals surface area contributed by atoms with Crippen molar-refractivity contribution in [3.05, 3.63) is 45.6 Å². The first kappa shape index (κ1) is 17.1. The second kappa shape index (κ2) is 7.83. The minimum Gasteiger partial charge on any atom is -0.454 e. The van der Waals surface area contributed by atoms with Gasteiger partial charge < -0.3 is 19.9 Å².